The second-order valence-electron chi connectivity index (χ2n) is 5.75. The van der Waals surface area contributed by atoms with Gasteiger partial charge in [0.2, 0.25) is 11.8 Å². The summed E-state index contributed by atoms with van der Waals surface area (Å²) in [6, 6.07) is -0.470. The number of hydrogen-bond donors (Lipinski definition) is 1. The third kappa shape index (κ3) is 2.40. The van der Waals surface area contributed by atoms with Crippen LogP contribution in [0.25, 0.3) is 0 Å². The van der Waals surface area contributed by atoms with Crippen molar-refractivity contribution in [2.24, 2.45) is 0 Å². The summed E-state index contributed by atoms with van der Waals surface area (Å²) in [6.07, 6.45) is 0.271. The van der Waals surface area contributed by atoms with Crippen LogP contribution in [0.2, 0.25) is 0 Å². The van der Waals surface area contributed by atoms with Gasteiger partial charge in [-0.05, 0) is 13.3 Å². The van der Waals surface area contributed by atoms with E-state index in [1.54, 1.807) is 16.7 Å². The molecule has 3 aliphatic heterocycles. The first-order valence-corrected chi connectivity index (χ1v) is 8.00. The Morgan fingerprint density at radius 2 is 2.24 bits per heavy atom. The van der Waals surface area contributed by atoms with Crippen molar-refractivity contribution in [1.82, 2.24) is 9.80 Å². The van der Waals surface area contributed by atoms with E-state index in [2.05, 4.69) is 0 Å². The molecular formula is C13H18N2O5S. The number of carboxylic acids is 1. The Balaban J connectivity index is 1.73. The van der Waals surface area contributed by atoms with Crippen LogP contribution in [0, 0.1) is 0 Å². The molecule has 21 heavy (non-hydrogen) atoms. The van der Waals surface area contributed by atoms with Gasteiger partial charge in [0.05, 0.1) is 18.0 Å². The Labute approximate surface area is 126 Å². The first-order valence-electron chi connectivity index (χ1n) is 7.02. The maximum atomic E-state index is 12.7. The summed E-state index contributed by atoms with van der Waals surface area (Å²) in [4.78, 5) is 38.7. The molecule has 0 saturated carbocycles. The first-order chi connectivity index (χ1) is 9.92. The number of carbonyl (C=O) groups is 3. The number of amides is 2. The Morgan fingerprint density at radius 3 is 2.95 bits per heavy atom. The average Bonchev–Trinajstić information content (AvgIpc) is 2.95. The largest absolute Gasteiger partial charge is 0.479 e. The van der Waals surface area contributed by atoms with E-state index in [4.69, 9.17) is 9.84 Å². The molecule has 3 rings (SSSR count). The van der Waals surface area contributed by atoms with E-state index in [9.17, 15) is 14.4 Å². The van der Waals surface area contributed by atoms with Gasteiger partial charge < -0.3 is 19.6 Å². The van der Waals surface area contributed by atoms with Gasteiger partial charge in [-0.1, -0.05) is 0 Å². The lowest BCUT2D eigenvalue weighted by molar-refractivity contribution is -0.161. The number of carbonyl (C=O) groups excluding carboxylic acids is 2. The molecule has 3 aliphatic rings. The van der Waals surface area contributed by atoms with Gasteiger partial charge in [0.25, 0.3) is 0 Å². The molecule has 7 nitrogen and oxygen atoms in total. The van der Waals surface area contributed by atoms with Crippen LogP contribution in [-0.2, 0) is 19.1 Å². The van der Waals surface area contributed by atoms with Gasteiger partial charge in [0, 0.05) is 18.7 Å². The molecule has 0 unspecified atom stereocenters. The number of carboxylic acid groups (broad SMARTS) is 1. The smallest absolute Gasteiger partial charge is 0.334 e. The van der Waals surface area contributed by atoms with Gasteiger partial charge >= 0.3 is 5.97 Å². The van der Waals surface area contributed by atoms with Crippen LogP contribution in [0.5, 0.6) is 0 Å². The van der Waals surface area contributed by atoms with Crippen molar-refractivity contribution < 1.29 is 24.2 Å². The molecule has 0 aliphatic carbocycles. The molecule has 0 spiro atoms. The molecule has 0 bridgehead atoms. The fourth-order valence-electron chi connectivity index (χ4n) is 3.21. The number of morpholine rings is 1. The van der Waals surface area contributed by atoms with Crippen molar-refractivity contribution in [1.29, 1.82) is 0 Å². The van der Waals surface area contributed by atoms with E-state index in [-0.39, 0.29) is 29.8 Å². The summed E-state index contributed by atoms with van der Waals surface area (Å²) in [5.41, 5.74) is 0. The van der Waals surface area contributed by atoms with Crippen molar-refractivity contribution in [2.75, 3.05) is 25.4 Å². The molecule has 2 amide bonds. The summed E-state index contributed by atoms with van der Waals surface area (Å²) >= 11 is 1.64. The third-order valence-electron chi connectivity index (χ3n) is 4.38. The van der Waals surface area contributed by atoms with Crippen LogP contribution in [0.3, 0.4) is 0 Å². The molecule has 8 heteroatoms. The van der Waals surface area contributed by atoms with E-state index in [1.165, 1.54) is 4.90 Å². The Kier molecular flexibility index (Phi) is 3.61. The molecular weight excluding hydrogens is 296 g/mol. The summed E-state index contributed by atoms with van der Waals surface area (Å²) in [5, 5.41) is 9.00. The molecule has 3 saturated heterocycles. The minimum atomic E-state index is -1.06. The quantitative estimate of drug-likeness (QED) is 0.756. The second-order valence-corrected chi connectivity index (χ2v) is 7.25. The van der Waals surface area contributed by atoms with Gasteiger partial charge in [0.1, 0.15) is 6.04 Å². The van der Waals surface area contributed by atoms with Crippen LogP contribution >= 0.6 is 11.8 Å². The number of rotatable bonds is 2. The molecule has 116 valence electrons. The number of nitrogens with zero attached hydrogens (tertiary/aromatic N) is 2. The minimum Gasteiger partial charge on any atom is -0.479 e. The van der Waals surface area contributed by atoms with Crippen LogP contribution in [0.1, 0.15) is 19.8 Å². The summed E-state index contributed by atoms with van der Waals surface area (Å²) in [6.45, 7) is 2.64. The van der Waals surface area contributed by atoms with E-state index >= 15 is 0 Å². The monoisotopic (exact) mass is 314 g/mol. The number of hydrogen-bond acceptors (Lipinski definition) is 5. The highest BCUT2D eigenvalue weighted by Crippen LogP contribution is 2.47. The topological polar surface area (TPSA) is 87.2 Å². The average molecular weight is 314 g/mol. The molecule has 1 N–H and O–H groups in total. The number of thioether (sulfide) groups is 1. The fourth-order valence-corrected chi connectivity index (χ4v) is 4.64. The molecule has 3 atom stereocenters. The van der Waals surface area contributed by atoms with Crippen LogP contribution in [-0.4, -0.2) is 75.2 Å². The maximum absolute atomic E-state index is 12.7. The van der Waals surface area contributed by atoms with Crippen LogP contribution in [0.15, 0.2) is 0 Å². The zero-order valence-electron chi connectivity index (χ0n) is 11.8. The van der Waals surface area contributed by atoms with Crippen molar-refractivity contribution in [3.8, 4) is 0 Å². The van der Waals surface area contributed by atoms with Gasteiger partial charge in [-0.25, -0.2) is 4.79 Å². The van der Waals surface area contributed by atoms with Crippen LogP contribution in [0.4, 0.5) is 0 Å². The van der Waals surface area contributed by atoms with Gasteiger partial charge in [-0.3, -0.25) is 9.59 Å². The normalized spacial score (nSPS) is 36.0. The number of aliphatic carboxylic acids is 1. The molecule has 3 fully saturated rings. The zero-order valence-corrected chi connectivity index (χ0v) is 12.6. The molecule has 3 heterocycles. The number of ether oxygens (including phenoxy) is 1. The fraction of sp³-hybridized carbons (Fsp3) is 0.769. The Hall–Kier alpha value is -1.28. The van der Waals surface area contributed by atoms with Crippen molar-refractivity contribution in [3.05, 3.63) is 0 Å². The molecule has 0 aromatic heterocycles. The maximum Gasteiger partial charge on any atom is 0.334 e. The van der Waals surface area contributed by atoms with Gasteiger partial charge in [0.15, 0.2) is 6.10 Å². The highest BCUT2D eigenvalue weighted by Gasteiger charge is 2.53. The van der Waals surface area contributed by atoms with Crippen molar-refractivity contribution >= 4 is 29.5 Å². The summed E-state index contributed by atoms with van der Waals surface area (Å²) in [5.74, 6) is -0.619. The highest BCUT2D eigenvalue weighted by molar-refractivity contribution is 8.01. The van der Waals surface area contributed by atoms with Crippen molar-refractivity contribution in [2.45, 2.75) is 36.8 Å². The Morgan fingerprint density at radius 1 is 1.48 bits per heavy atom. The van der Waals surface area contributed by atoms with Gasteiger partial charge in [-0.15, -0.1) is 11.8 Å². The van der Waals surface area contributed by atoms with Crippen molar-refractivity contribution in [3.63, 3.8) is 0 Å². The van der Waals surface area contributed by atoms with E-state index in [0.29, 0.717) is 18.7 Å². The Bertz CT molecular complexity index is 499. The predicted molar refractivity (Wildman–Crippen MR) is 74.7 cm³/mol. The van der Waals surface area contributed by atoms with Gasteiger partial charge in [-0.2, -0.15) is 0 Å². The van der Waals surface area contributed by atoms with E-state index < -0.39 is 18.1 Å². The minimum absolute atomic E-state index is 0.0175. The SMILES string of the molecule is C[C@]12CCC(=O)N1[C@H](C(=O)N1CCO[C@@H](C(=O)O)C1)CS2. The van der Waals surface area contributed by atoms with Crippen LogP contribution < -0.4 is 0 Å². The number of fused-ring (bicyclic) bond motifs is 1. The second kappa shape index (κ2) is 5.17. The molecule has 0 aromatic rings. The predicted octanol–water partition coefficient (Wildman–Crippen LogP) is -0.248. The van der Waals surface area contributed by atoms with E-state index in [1.807, 2.05) is 6.92 Å². The third-order valence-corrected chi connectivity index (χ3v) is 5.89. The lowest BCUT2D eigenvalue weighted by Gasteiger charge is -2.36. The molecule has 0 radical (unpaired) electrons. The molecule has 0 aromatic carbocycles. The zero-order chi connectivity index (χ0) is 15.2. The highest BCUT2D eigenvalue weighted by atomic mass is 32.2. The standard InChI is InChI=1S/C13H18N2O5S/c1-13-3-2-10(16)15(13)8(7-21-13)11(17)14-4-5-20-9(6-14)12(18)19/h8-9H,2-7H2,1H3,(H,18,19)/t8-,9+,13-/m0/s1. The first kappa shape index (κ1) is 14.6. The summed E-state index contributed by atoms with van der Waals surface area (Å²) < 4.78 is 5.13. The van der Waals surface area contributed by atoms with E-state index in [0.717, 1.165) is 6.42 Å². The lowest BCUT2D eigenvalue weighted by atomic mass is 10.1. The lowest BCUT2D eigenvalue weighted by Crippen LogP contribution is -2.56. The summed E-state index contributed by atoms with van der Waals surface area (Å²) in [7, 11) is 0.